The number of phenolic OH excluding ortho intramolecular Hbond substituents is 1. The summed E-state index contributed by atoms with van der Waals surface area (Å²) in [6.07, 6.45) is -1.77. The van der Waals surface area contributed by atoms with Gasteiger partial charge in [-0.2, -0.15) is 0 Å². The van der Waals surface area contributed by atoms with E-state index in [1.54, 1.807) is 0 Å². The molecule has 1 aromatic rings. The maximum absolute atomic E-state index is 12.9. The molecule has 7 amide bonds. The van der Waals surface area contributed by atoms with Gasteiger partial charge in [-0.3, -0.25) is 33.6 Å². The lowest BCUT2D eigenvalue weighted by molar-refractivity contribution is -0.143. The van der Waals surface area contributed by atoms with Gasteiger partial charge in [-0.1, -0.05) is 12.1 Å². The van der Waals surface area contributed by atoms with E-state index in [1.165, 1.54) is 24.3 Å². The second-order valence-corrected chi connectivity index (χ2v) is 9.46. The van der Waals surface area contributed by atoms with E-state index in [-0.39, 0.29) is 37.9 Å². The van der Waals surface area contributed by atoms with Gasteiger partial charge in [0.1, 0.15) is 23.9 Å². The molecule has 0 bridgehead atoms. The summed E-state index contributed by atoms with van der Waals surface area (Å²) in [5, 5.41) is 27.8. The summed E-state index contributed by atoms with van der Waals surface area (Å²) in [6.45, 7) is -0.724. The zero-order chi connectivity index (χ0) is 32.7. The van der Waals surface area contributed by atoms with Crippen LogP contribution in [0.1, 0.15) is 37.7 Å². The normalized spacial score (nSPS) is 13.3. The number of phenols is 1. The molecular weight excluding hydrogens is 572 g/mol. The van der Waals surface area contributed by atoms with Crippen LogP contribution in [0.2, 0.25) is 0 Å². The first-order valence-corrected chi connectivity index (χ1v) is 12.9. The first-order valence-electron chi connectivity index (χ1n) is 12.9. The van der Waals surface area contributed by atoms with Crippen molar-refractivity contribution in [3.8, 4) is 5.75 Å². The SMILES string of the molecule is NC(=O)CC[C@H](NC(=O)[C@@H](N)CCC(N)=O)C(=O)NCC(=O)N[C@@H](Cc1ccc(O)cc1)C(=O)N[C@@H](CC(N)=O)C(=O)O. The molecule has 0 aliphatic rings. The number of amides is 7. The Hall–Kier alpha value is -5.26. The number of benzene rings is 1. The van der Waals surface area contributed by atoms with Gasteiger partial charge in [0, 0.05) is 19.3 Å². The van der Waals surface area contributed by atoms with Crippen LogP contribution in [-0.2, 0) is 44.8 Å². The molecule has 0 unspecified atom stereocenters. The monoisotopic (exact) mass is 608 g/mol. The lowest BCUT2D eigenvalue weighted by Crippen LogP contribution is -2.56. The van der Waals surface area contributed by atoms with Gasteiger partial charge in [0.2, 0.25) is 41.4 Å². The topological polar surface area (TPSA) is 329 Å². The van der Waals surface area contributed by atoms with Crippen LogP contribution in [0, 0.1) is 0 Å². The number of carboxylic acid groups (broad SMARTS) is 1. The molecule has 1 aromatic carbocycles. The van der Waals surface area contributed by atoms with Gasteiger partial charge in [-0.15, -0.1) is 0 Å². The van der Waals surface area contributed by atoms with Crippen LogP contribution in [0.15, 0.2) is 24.3 Å². The number of primary amides is 3. The molecule has 0 aliphatic carbocycles. The standard InChI is InChI=1S/C25H36N8O10/c26-14(5-7-18(27)35)22(39)32-15(6-8-19(28)36)23(40)30-11-21(38)31-16(9-12-1-3-13(34)4-2-12)24(41)33-17(25(42)43)10-20(29)37/h1-4,14-17,34H,5-11,26H2,(H2,27,35)(H2,28,36)(H2,29,37)(H,30,40)(H,31,38)(H,32,39)(H,33,41)(H,42,43)/t14-,15-,16-,17-/m0/s1. The van der Waals surface area contributed by atoms with E-state index in [4.69, 9.17) is 22.9 Å². The highest BCUT2D eigenvalue weighted by Gasteiger charge is 2.29. The maximum atomic E-state index is 12.9. The van der Waals surface area contributed by atoms with Crippen LogP contribution >= 0.6 is 0 Å². The van der Waals surface area contributed by atoms with E-state index in [0.29, 0.717) is 5.56 Å². The van der Waals surface area contributed by atoms with Gasteiger partial charge >= 0.3 is 5.97 Å². The van der Waals surface area contributed by atoms with Crippen molar-refractivity contribution in [2.75, 3.05) is 6.54 Å². The van der Waals surface area contributed by atoms with Crippen LogP contribution in [0.5, 0.6) is 5.75 Å². The molecule has 0 aliphatic heterocycles. The van der Waals surface area contributed by atoms with Crippen molar-refractivity contribution < 1.29 is 48.6 Å². The fourth-order valence-corrected chi connectivity index (χ4v) is 3.55. The second-order valence-electron chi connectivity index (χ2n) is 9.46. The van der Waals surface area contributed by atoms with E-state index in [1.807, 2.05) is 0 Å². The summed E-state index contributed by atoms with van der Waals surface area (Å²) in [6, 6.07) is -0.120. The zero-order valence-corrected chi connectivity index (χ0v) is 23.0. The van der Waals surface area contributed by atoms with Gasteiger partial charge < -0.3 is 54.4 Å². The van der Waals surface area contributed by atoms with E-state index >= 15 is 0 Å². The molecule has 0 saturated carbocycles. The number of aromatic hydroxyl groups is 1. The second kappa shape index (κ2) is 17.5. The summed E-state index contributed by atoms with van der Waals surface area (Å²) in [5.74, 6) is -7.72. The maximum Gasteiger partial charge on any atom is 0.326 e. The molecule has 1 rings (SSSR count). The first-order chi connectivity index (χ1) is 20.1. The Morgan fingerprint density at radius 3 is 1.79 bits per heavy atom. The average Bonchev–Trinajstić information content (AvgIpc) is 2.92. The summed E-state index contributed by atoms with van der Waals surface area (Å²) in [5.41, 5.74) is 21.4. The van der Waals surface area contributed by atoms with Crippen molar-refractivity contribution in [2.45, 2.75) is 62.7 Å². The molecule has 43 heavy (non-hydrogen) atoms. The minimum atomic E-state index is -1.69. The van der Waals surface area contributed by atoms with E-state index in [2.05, 4.69) is 21.3 Å². The number of carboxylic acids is 1. The molecule has 0 aromatic heterocycles. The number of nitrogens with two attached hydrogens (primary N) is 4. The van der Waals surface area contributed by atoms with Gasteiger partial charge in [-0.05, 0) is 30.5 Å². The Labute approximate surface area is 245 Å². The fourth-order valence-electron chi connectivity index (χ4n) is 3.55. The summed E-state index contributed by atoms with van der Waals surface area (Å²) < 4.78 is 0. The van der Waals surface area contributed by atoms with Gasteiger partial charge in [-0.25, -0.2) is 4.79 Å². The quantitative estimate of drug-likeness (QED) is 0.0711. The largest absolute Gasteiger partial charge is 0.508 e. The number of nitrogens with one attached hydrogen (secondary N) is 4. The number of hydrogen-bond acceptors (Lipinski definition) is 10. The summed E-state index contributed by atoms with van der Waals surface area (Å²) in [4.78, 5) is 95.6. The molecule has 14 N–H and O–H groups in total. The van der Waals surface area contributed by atoms with Crippen LogP contribution in [0.25, 0.3) is 0 Å². The third-order valence-corrected chi connectivity index (χ3v) is 5.82. The molecule has 0 heterocycles. The Balaban J connectivity index is 2.97. The molecule has 4 atom stereocenters. The number of carbonyl (C=O) groups is 8. The Morgan fingerprint density at radius 2 is 1.26 bits per heavy atom. The number of hydrogen-bond donors (Lipinski definition) is 10. The highest BCUT2D eigenvalue weighted by molar-refractivity contribution is 5.95. The van der Waals surface area contributed by atoms with Crippen molar-refractivity contribution in [1.29, 1.82) is 0 Å². The van der Waals surface area contributed by atoms with E-state index in [0.717, 1.165) is 0 Å². The Kier molecular flexibility index (Phi) is 14.6. The third-order valence-electron chi connectivity index (χ3n) is 5.82. The summed E-state index contributed by atoms with van der Waals surface area (Å²) in [7, 11) is 0. The predicted molar refractivity (Wildman–Crippen MR) is 147 cm³/mol. The smallest absolute Gasteiger partial charge is 0.326 e. The average molecular weight is 609 g/mol. The zero-order valence-electron chi connectivity index (χ0n) is 23.0. The predicted octanol–water partition coefficient (Wildman–Crippen LogP) is -4.68. The Bertz CT molecular complexity index is 1210. The third kappa shape index (κ3) is 14.3. The molecule has 0 fully saturated rings. The summed E-state index contributed by atoms with van der Waals surface area (Å²) >= 11 is 0. The van der Waals surface area contributed by atoms with Crippen LogP contribution in [-0.4, -0.2) is 88.2 Å². The van der Waals surface area contributed by atoms with Crippen molar-refractivity contribution in [3.63, 3.8) is 0 Å². The molecule has 0 spiro atoms. The molecule has 18 nitrogen and oxygen atoms in total. The highest BCUT2D eigenvalue weighted by Crippen LogP contribution is 2.12. The molecule has 0 saturated heterocycles. The molecule has 0 radical (unpaired) electrons. The molecule has 18 heteroatoms. The minimum absolute atomic E-state index is 0.0734. The van der Waals surface area contributed by atoms with E-state index in [9.17, 15) is 48.6 Å². The van der Waals surface area contributed by atoms with Crippen molar-refractivity contribution >= 4 is 47.3 Å². The molecular formula is C25H36N8O10. The van der Waals surface area contributed by atoms with Gasteiger partial charge in [0.15, 0.2) is 0 Å². The van der Waals surface area contributed by atoms with Crippen LogP contribution in [0.4, 0.5) is 0 Å². The van der Waals surface area contributed by atoms with Crippen molar-refractivity contribution in [3.05, 3.63) is 29.8 Å². The number of aliphatic carboxylic acids is 1. The van der Waals surface area contributed by atoms with Gasteiger partial charge in [0.05, 0.1) is 19.0 Å². The van der Waals surface area contributed by atoms with Crippen molar-refractivity contribution in [1.82, 2.24) is 21.3 Å². The number of rotatable bonds is 19. The van der Waals surface area contributed by atoms with Crippen LogP contribution in [0.3, 0.4) is 0 Å². The van der Waals surface area contributed by atoms with E-state index < -0.39 is 84.5 Å². The lowest BCUT2D eigenvalue weighted by atomic mass is 10.0. The van der Waals surface area contributed by atoms with Crippen molar-refractivity contribution in [2.24, 2.45) is 22.9 Å². The van der Waals surface area contributed by atoms with Gasteiger partial charge in [0.25, 0.3) is 0 Å². The lowest BCUT2D eigenvalue weighted by Gasteiger charge is -2.22. The van der Waals surface area contributed by atoms with Crippen LogP contribution < -0.4 is 44.2 Å². The molecule has 236 valence electrons. The minimum Gasteiger partial charge on any atom is -0.508 e. The number of carbonyl (C=O) groups excluding carboxylic acids is 7. The highest BCUT2D eigenvalue weighted by atomic mass is 16.4. The first kappa shape index (κ1) is 35.8. The fraction of sp³-hybridized carbons (Fsp3) is 0.440. The Morgan fingerprint density at radius 1 is 0.698 bits per heavy atom.